The van der Waals surface area contributed by atoms with Gasteiger partial charge in [-0.05, 0) is 13.8 Å². The molecule has 0 heterocycles. The highest BCUT2D eigenvalue weighted by atomic mass is 16.6. The molecular weight excluding hydrogens is 228 g/mol. The summed E-state index contributed by atoms with van der Waals surface area (Å²) in [6.07, 6.45) is -2.54. The molecule has 6 heteroatoms. The van der Waals surface area contributed by atoms with E-state index in [9.17, 15) is 19.8 Å². The summed E-state index contributed by atoms with van der Waals surface area (Å²) in [6, 6.07) is 0. The molecular formula is C11H18O6. The number of ether oxygens (including phenoxy) is 2. The highest BCUT2D eigenvalue weighted by molar-refractivity contribution is 6.00. The van der Waals surface area contributed by atoms with Gasteiger partial charge < -0.3 is 19.7 Å². The molecule has 0 aliphatic heterocycles. The molecule has 0 aromatic carbocycles. The monoisotopic (exact) mass is 246 g/mol. The number of aliphatic hydroxyl groups excluding tert-OH is 2. The Hall–Kier alpha value is -1.14. The summed E-state index contributed by atoms with van der Waals surface area (Å²) in [5, 5.41) is 19.0. The van der Waals surface area contributed by atoms with E-state index in [0.29, 0.717) is 0 Å². The van der Waals surface area contributed by atoms with Gasteiger partial charge in [-0.15, -0.1) is 0 Å². The molecule has 2 atom stereocenters. The molecule has 1 aliphatic rings. The molecule has 0 unspecified atom stereocenters. The molecule has 2 N–H and O–H groups in total. The van der Waals surface area contributed by atoms with Crippen molar-refractivity contribution in [1.82, 2.24) is 0 Å². The predicted octanol–water partition coefficient (Wildman–Crippen LogP) is -0.385. The van der Waals surface area contributed by atoms with Crippen molar-refractivity contribution >= 4 is 11.9 Å². The normalized spacial score (nSPS) is 26.6. The van der Waals surface area contributed by atoms with Crippen molar-refractivity contribution in [2.75, 3.05) is 13.2 Å². The van der Waals surface area contributed by atoms with E-state index in [2.05, 4.69) is 0 Å². The Bertz CT molecular complexity index is 270. The third-order valence-electron chi connectivity index (χ3n) is 2.89. The van der Waals surface area contributed by atoms with Crippen LogP contribution in [-0.4, -0.2) is 47.6 Å². The fourth-order valence-corrected chi connectivity index (χ4v) is 2.02. The lowest BCUT2D eigenvalue weighted by atomic mass is 9.86. The summed E-state index contributed by atoms with van der Waals surface area (Å²) in [4.78, 5) is 23.7. The molecule has 1 saturated carbocycles. The van der Waals surface area contributed by atoms with Crippen LogP contribution < -0.4 is 0 Å². The molecule has 0 amide bonds. The van der Waals surface area contributed by atoms with Crippen molar-refractivity contribution in [1.29, 1.82) is 0 Å². The van der Waals surface area contributed by atoms with Crippen molar-refractivity contribution < 1.29 is 29.3 Å². The van der Waals surface area contributed by atoms with Gasteiger partial charge in [-0.25, -0.2) is 0 Å². The fraction of sp³-hybridized carbons (Fsp3) is 0.818. The topological polar surface area (TPSA) is 93.1 Å². The molecule has 0 aromatic heterocycles. The van der Waals surface area contributed by atoms with E-state index in [1.54, 1.807) is 13.8 Å². The third kappa shape index (κ3) is 2.58. The minimum atomic E-state index is -1.56. The van der Waals surface area contributed by atoms with E-state index >= 15 is 0 Å². The zero-order valence-corrected chi connectivity index (χ0v) is 10.0. The van der Waals surface area contributed by atoms with E-state index in [1.807, 2.05) is 0 Å². The number of esters is 2. The smallest absolute Gasteiger partial charge is 0.323 e. The number of hydrogen-bond acceptors (Lipinski definition) is 6. The van der Waals surface area contributed by atoms with Gasteiger partial charge in [0, 0.05) is 12.8 Å². The first-order valence-corrected chi connectivity index (χ1v) is 5.68. The summed E-state index contributed by atoms with van der Waals surface area (Å²) >= 11 is 0. The maximum atomic E-state index is 11.8. The van der Waals surface area contributed by atoms with Crippen LogP contribution in [0.2, 0.25) is 0 Å². The second-order valence-corrected chi connectivity index (χ2v) is 4.07. The Morgan fingerprint density at radius 3 is 1.71 bits per heavy atom. The molecule has 0 bridgehead atoms. The summed E-state index contributed by atoms with van der Waals surface area (Å²) in [6.45, 7) is 3.51. The largest absolute Gasteiger partial charge is 0.465 e. The van der Waals surface area contributed by atoms with Crippen LogP contribution in [0.25, 0.3) is 0 Å². The maximum absolute atomic E-state index is 11.8. The number of aliphatic hydroxyl groups is 2. The fourth-order valence-electron chi connectivity index (χ4n) is 2.02. The Morgan fingerprint density at radius 2 is 1.41 bits per heavy atom. The first kappa shape index (κ1) is 13.9. The molecule has 0 saturated heterocycles. The van der Waals surface area contributed by atoms with Crippen molar-refractivity contribution in [3.8, 4) is 0 Å². The van der Waals surface area contributed by atoms with E-state index in [4.69, 9.17) is 9.47 Å². The van der Waals surface area contributed by atoms with Crippen LogP contribution in [-0.2, 0) is 19.1 Å². The molecule has 0 aromatic rings. The van der Waals surface area contributed by atoms with Crippen molar-refractivity contribution in [2.24, 2.45) is 5.41 Å². The molecule has 17 heavy (non-hydrogen) atoms. The van der Waals surface area contributed by atoms with Gasteiger partial charge in [-0.3, -0.25) is 9.59 Å². The first-order chi connectivity index (χ1) is 7.97. The molecule has 0 spiro atoms. The van der Waals surface area contributed by atoms with Crippen LogP contribution in [0, 0.1) is 5.41 Å². The van der Waals surface area contributed by atoms with Crippen LogP contribution in [0.15, 0.2) is 0 Å². The number of carbonyl (C=O) groups is 2. The van der Waals surface area contributed by atoms with Gasteiger partial charge >= 0.3 is 11.9 Å². The van der Waals surface area contributed by atoms with Crippen LogP contribution >= 0.6 is 0 Å². The van der Waals surface area contributed by atoms with Crippen molar-refractivity contribution in [3.63, 3.8) is 0 Å². The zero-order valence-electron chi connectivity index (χ0n) is 10.0. The average Bonchev–Trinajstić information content (AvgIpc) is 2.57. The summed E-state index contributed by atoms with van der Waals surface area (Å²) in [5.74, 6) is -1.48. The summed E-state index contributed by atoms with van der Waals surface area (Å²) in [7, 11) is 0. The lowest BCUT2D eigenvalue weighted by molar-refractivity contribution is -0.172. The maximum Gasteiger partial charge on any atom is 0.323 e. The van der Waals surface area contributed by atoms with Gasteiger partial charge in [-0.2, -0.15) is 0 Å². The summed E-state index contributed by atoms with van der Waals surface area (Å²) < 4.78 is 9.66. The van der Waals surface area contributed by atoms with Gasteiger partial charge in [0.25, 0.3) is 0 Å². The van der Waals surface area contributed by atoms with Crippen LogP contribution in [0.3, 0.4) is 0 Å². The van der Waals surface area contributed by atoms with Crippen LogP contribution in [0.4, 0.5) is 0 Å². The predicted molar refractivity (Wildman–Crippen MR) is 56.9 cm³/mol. The van der Waals surface area contributed by atoms with E-state index in [-0.39, 0.29) is 26.1 Å². The second-order valence-electron chi connectivity index (χ2n) is 4.07. The lowest BCUT2D eigenvalue weighted by Gasteiger charge is -2.23. The van der Waals surface area contributed by atoms with Crippen LogP contribution in [0.5, 0.6) is 0 Å². The number of carbonyl (C=O) groups excluding carboxylic acids is 2. The molecule has 1 fully saturated rings. The number of hydrogen-bond donors (Lipinski definition) is 2. The highest BCUT2D eigenvalue weighted by Gasteiger charge is 2.57. The van der Waals surface area contributed by atoms with E-state index in [1.165, 1.54) is 0 Å². The molecule has 6 nitrogen and oxygen atoms in total. The molecule has 1 aliphatic carbocycles. The lowest BCUT2D eigenvalue weighted by Crippen LogP contribution is -2.40. The molecule has 0 radical (unpaired) electrons. The van der Waals surface area contributed by atoms with Gasteiger partial charge in [0.05, 0.1) is 25.4 Å². The second kappa shape index (κ2) is 5.46. The van der Waals surface area contributed by atoms with E-state index in [0.717, 1.165) is 0 Å². The van der Waals surface area contributed by atoms with Gasteiger partial charge in [0.15, 0.2) is 5.41 Å². The average molecular weight is 246 g/mol. The highest BCUT2D eigenvalue weighted by Crippen LogP contribution is 2.41. The Morgan fingerprint density at radius 1 is 1.06 bits per heavy atom. The summed E-state index contributed by atoms with van der Waals surface area (Å²) in [5.41, 5.74) is -1.56. The first-order valence-electron chi connectivity index (χ1n) is 5.68. The minimum Gasteiger partial charge on any atom is -0.465 e. The van der Waals surface area contributed by atoms with Gasteiger partial charge in [0.2, 0.25) is 0 Å². The zero-order chi connectivity index (χ0) is 13.1. The Labute approximate surface area is 99.5 Å². The minimum absolute atomic E-state index is 0.131. The Kier molecular flexibility index (Phi) is 4.47. The van der Waals surface area contributed by atoms with Crippen LogP contribution in [0.1, 0.15) is 26.7 Å². The Balaban J connectivity index is 2.94. The SMILES string of the molecule is CCOC(=O)C1(C(=O)OCC)C[C@@H](O)[C@H](O)C1. The standard InChI is InChI=1S/C11H18O6/c1-3-16-9(14)11(10(15)17-4-2)5-7(12)8(13)6-11/h7-8,12-13H,3-6H2,1-2H3/t7-,8-/m1/s1. The quantitative estimate of drug-likeness (QED) is 0.518. The third-order valence-corrected chi connectivity index (χ3v) is 2.89. The molecule has 98 valence electrons. The molecule has 1 rings (SSSR count). The van der Waals surface area contributed by atoms with Gasteiger partial charge in [-0.1, -0.05) is 0 Å². The number of rotatable bonds is 4. The van der Waals surface area contributed by atoms with E-state index < -0.39 is 29.6 Å². The van der Waals surface area contributed by atoms with Crippen molar-refractivity contribution in [3.05, 3.63) is 0 Å². The van der Waals surface area contributed by atoms with Crippen molar-refractivity contribution in [2.45, 2.75) is 38.9 Å². The van der Waals surface area contributed by atoms with Gasteiger partial charge in [0.1, 0.15) is 0 Å².